The number of aromatic nitrogens is 3. The summed E-state index contributed by atoms with van der Waals surface area (Å²) in [7, 11) is 1.82. The molecule has 2 heterocycles. The average molecular weight is 448 g/mol. The monoisotopic (exact) mass is 447 g/mol. The number of benzene rings is 1. The second kappa shape index (κ2) is 13.4. The van der Waals surface area contributed by atoms with E-state index in [0.29, 0.717) is 0 Å². The van der Waals surface area contributed by atoms with E-state index in [1.807, 2.05) is 67.8 Å². The predicted octanol–water partition coefficient (Wildman–Crippen LogP) is 7.88. The molecule has 0 saturated heterocycles. The van der Waals surface area contributed by atoms with Gasteiger partial charge in [-0.2, -0.15) is 5.10 Å². The van der Waals surface area contributed by atoms with Crippen LogP contribution in [0, 0.1) is 6.92 Å². The van der Waals surface area contributed by atoms with Crippen LogP contribution >= 0.6 is 0 Å². The van der Waals surface area contributed by atoms with Crippen molar-refractivity contribution in [3.05, 3.63) is 65.8 Å². The molecule has 0 fully saturated rings. The predicted molar refractivity (Wildman–Crippen MR) is 146 cm³/mol. The molecule has 0 spiro atoms. The van der Waals surface area contributed by atoms with Gasteiger partial charge in [-0.3, -0.25) is 15.1 Å². The maximum absolute atomic E-state index is 4.73. The summed E-state index contributed by atoms with van der Waals surface area (Å²) >= 11 is 0. The first-order chi connectivity index (χ1) is 15.9. The summed E-state index contributed by atoms with van der Waals surface area (Å²) in [5.74, 6) is 0. The Morgan fingerprint density at radius 2 is 1.85 bits per heavy atom. The van der Waals surface area contributed by atoms with Gasteiger partial charge in [-0.05, 0) is 63.4 Å². The van der Waals surface area contributed by atoms with Crippen LogP contribution in [0.4, 0.5) is 5.69 Å². The van der Waals surface area contributed by atoms with Crippen molar-refractivity contribution in [2.24, 2.45) is 4.99 Å². The van der Waals surface area contributed by atoms with Crippen LogP contribution < -0.4 is 4.90 Å². The molecule has 178 valence electrons. The highest BCUT2D eigenvalue weighted by Gasteiger charge is 2.21. The first-order valence-corrected chi connectivity index (χ1v) is 11.9. The third-order valence-electron chi connectivity index (χ3n) is 5.25. The fraction of sp³-hybridized carbons (Fsp3) is 0.393. The molecule has 5 heteroatoms. The molecule has 5 nitrogen and oxygen atoms in total. The topological polar surface area (TPSA) is 57.2 Å². The summed E-state index contributed by atoms with van der Waals surface area (Å²) in [5.41, 5.74) is 9.45. The molecule has 2 aromatic heterocycles. The molecular formula is C28H41N5. The number of allylic oxidation sites excluding steroid dienone is 3. The molecule has 33 heavy (non-hydrogen) atoms. The first-order valence-electron chi connectivity index (χ1n) is 11.9. The number of hydrogen-bond acceptors (Lipinski definition) is 4. The lowest BCUT2D eigenvalue weighted by atomic mass is 9.97. The van der Waals surface area contributed by atoms with Gasteiger partial charge in [0.25, 0.3) is 0 Å². The van der Waals surface area contributed by atoms with Gasteiger partial charge in [-0.1, -0.05) is 47.3 Å². The molecule has 3 aromatic rings. The molecular weight excluding hydrogens is 406 g/mol. The minimum Gasteiger partial charge on any atom is -0.313 e. The molecule has 1 N–H and O–H groups in total. The van der Waals surface area contributed by atoms with Crippen LogP contribution in [0.2, 0.25) is 0 Å². The normalized spacial score (nSPS) is 11.3. The maximum atomic E-state index is 4.73. The number of H-pyrrole nitrogens is 1. The Morgan fingerprint density at radius 3 is 2.33 bits per heavy atom. The van der Waals surface area contributed by atoms with Crippen LogP contribution in [0.25, 0.3) is 22.2 Å². The van der Waals surface area contributed by atoms with E-state index >= 15 is 0 Å². The van der Waals surface area contributed by atoms with Crippen molar-refractivity contribution >= 4 is 22.3 Å². The fourth-order valence-corrected chi connectivity index (χ4v) is 3.75. The minimum atomic E-state index is 0.918. The number of anilines is 1. The summed E-state index contributed by atoms with van der Waals surface area (Å²) in [4.78, 5) is 11.3. The average Bonchev–Trinajstić information content (AvgIpc) is 3.39. The van der Waals surface area contributed by atoms with Crippen LogP contribution in [0.5, 0.6) is 0 Å². The second-order valence-corrected chi connectivity index (χ2v) is 7.19. The Kier molecular flexibility index (Phi) is 11.3. The number of pyridine rings is 1. The van der Waals surface area contributed by atoms with Gasteiger partial charge in [0.15, 0.2) is 0 Å². The lowest BCUT2D eigenvalue weighted by Crippen LogP contribution is -2.25. The Bertz CT molecular complexity index is 1110. The number of rotatable bonds is 6. The molecule has 0 amide bonds. The highest BCUT2D eigenvalue weighted by molar-refractivity contribution is 6.06. The van der Waals surface area contributed by atoms with Crippen LogP contribution in [0.1, 0.15) is 66.5 Å². The summed E-state index contributed by atoms with van der Waals surface area (Å²) < 4.78 is 0. The van der Waals surface area contributed by atoms with E-state index in [1.54, 1.807) is 6.20 Å². The smallest absolute Gasteiger partial charge is 0.0726 e. The molecule has 0 aliphatic rings. The highest BCUT2D eigenvalue weighted by atomic mass is 15.2. The van der Waals surface area contributed by atoms with Gasteiger partial charge in [0, 0.05) is 36.1 Å². The van der Waals surface area contributed by atoms with Gasteiger partial charge >= 0.3 is 0 Å². The minimum absolute atomic E-state index is 0.918. The lowest BCUT2D eigenvalue weighted by Gasteiger charge is -2.30. The van der Waals surface area contributed by atoms with E-state index in [0.717, 1.165) is 56.9 Å². The Morgan fingerprint density at radius 1 is 1.18 bits per heavy atom. The molecule has 3 rings (SSSR count). The van der Waals surface area contributed by atoms with Crippen molar-refractivity contribution in [1.82, 2.24) is 15.2 Å². The van der Waals surface area contributed by atoms with Crippen LogP contribution in [0.15, 0.2) is 59.6 Å². The Hall–Kier alpha value is -3.21. The van der Waals surface area contributed by atoms with Crippen molar-refractivity contribution < 1.29 is 0 Å². The molecule has 0 atom stereocenters. The quantitative estimate of drug-likeness (QED) is 0.391. The maximum Gasteiger partial charge on any atom is 0.0726 e. The molecule has 0 radical (unpaired) electrons. The summed E-state index contributed by atoms with van der Waals surface area (Å²) in [6.45, 7) is 22.6. The zero-order chi connectivity index (χ0) is 25.1. The van der Waals surface area contributed by atoms with Crippen molar-refractivity contribution in [1.29, 1.82) is 0 Å². The van der Waals surface area contributed by atoms with E-state index in [-0.39, 0.29) is 0 Å². The van der Waals surface area contributed by atoms with Gasteiger partial charge in [0.1, 0.15) is 0 Å². The van der Waals surface area contributed by atoms with E-state index in [9.17, 15) is 0 Å². The molecule has 0 bridgehead atoms. The van der Waals surface area contributed by atoms with E-state index in [1.165, 1.54) is 5.56 Å². The zero-order valence-electron chi connectivity index (χ0n) is 22.2. The van der Waals surface area contributed by atoms with E-state index < -0.39 is 0 Å². The van der Waals surface area contributed by atoms with Crippen molar-refractivity contribution in [2.45, 2.75) is 68.7 Å². The van der Waals surface area contributed by atoms with Crippen LogP contribution in [0.3, 0.4) is 0 Å². The SMILES string of the molecule is C=C(C)N(/C(=C/C)C(C)=NC)c1c(C)cnc2cc(CC)c(-c3ccn[nH]3)cc12.CC.CC. The van der Waals surface area contributed by atoms with Crippen LogP contribution in [-0.4, -0.2) is 27.9 Å². The lowest BCUT2D eigenvalue weighted by molar-refractivity contribution is 1.08. The molecule has 0 saturated carbocycles. The van der Waals surface area contributed by atoms with Crippen molar-refractivity contribution in [3.8, 4) is 11.3 Å². The number of nitrogens with zero attached hydrogens (tertiary/aromatic N) is 4. The van der Waals surface area contributed by atoms with Gasteiger partial charge < -0.3 is 4.90 Å². The van der Waals surface area contributed by atoms with E-state index in [2.05, 4.69) is 58.7 Å². The standard InChI is InChI=1S/C24H29N5.2C2H6/c1-8-18-12-22-20(13-19(18)21-10-11-27-28-21)24(16(5)14-26-22)29(15(3)4)23(9-2)17(6)25-7;2*1-2/h9-14H,3,8H2,1-2,4-7H3,(H,27,28);2*1-2H3/b23-9+,25-17?;;. The Labute approximate surface area is 200 Å². The molecule has 1 aromatic carbocycles. The molecule has 0 unspecified atom stereocenters. The number of nitrogens with one attached hydrogen (secondary N) is 1. The third kappa shape index (κ3) is 5.98. The fourth-order valence-electron chi connectivity index (χ4n) is 3.75. The summed E-state index contributed by atoms with van der Waals surface area (Å²) in [6.07, 6.45) is 6.72. The number of aromatic amines is 1. The van der Waals surface area contributed by atoms with Crippen LogP contribution in [-0.2, 0) is 6.42 Å². The molecule has 0 aliphatic heterocycles. The van der Waals surface area contributed by atoms with Crippen molar-refractivity contribution in [2.75, 3.05) is 11.9 Å². The van der Waals surface area contributed by atoms with Gasteiger partial charge in [-0.25, -0.2) is 0 Å². The summed E-state index contributed by atoms with van der Waals surface area (Å²) in [6, 6.07) is 6.41. The molecule has 0 aliphatic carbocycles. The van der Waals surface area contributed by atoms with Gasteiger partial charge in [0.2, 0.25) is 0 Å². The third-order valence-corrected chi connectivity index (χ3v) is 5.25. The number of aliphatic imine (C=N–C) groups is 1. The van der Waals surface area contributed by atoms with Crippen molar-refractivity contribution in [3.63, 3.8) is 0 Å². The Balaban J connectivity index is 0.00000129. The number of aryl methyl sites for hydroxylation is 2. The first kappa shape index (κ1) is 27.8. The largest absolute Gasteiger partial charge is 0.313 e. The number of fused-ring (bicyclic) bond motifs is 1. The van der Waals surface area contributed by atoms with Gasteiger partial charge in [0.05, 0.1) is 28.3 Å². The second-order valence-electron chi connectivity index (χ2n) is 7.19. The zero-order valence-corrected chi connectivity index (χ0v) is 22.2. The van der Waals surface area contributed by atoms with E-state index in [4.69, 9.17) is 4.98 Å². The highest BCUT2D eigenvalue weighted by Crippen LogP contribution is 2.37. The number of hydrogen-bond donors (Lipinski definition) is 1. The summed E-state index contributed by atoms with van der Waals surface area (Å²) in [5, 5.41) is 8.33. The van der Waals surface area contributed by atoms with Gasteiger partial charge in [-0.15, -0.1) is 0 Å².